The van der Waals surface area contributed by atoms with E-state index in [4.69, 9.17) is 5.73 Å². The lowest BCUT2D eigenvalue weighted by Gasteiger charge is -2.30. The summed E-state index contributed by atoms with van der Waals surface area (Å²) in [4.78, 5) is 14.6. The Bertz CT molecular complexity index is 443. The van der Waals surface area contributed by atoms with E-state index in [1.807, 2.05) is 6.07 Å². The Labute approximate surface area is 141 Å². The molecule has 0 heterocycles. The van der Waals surface area contributed by atoms with Crippen LogP contribution in [0, 0.1) is 5.92 Å². The van der Waals surface area contributed by atoms with E-state index in [9.17, 15) is 4.79 Å². The van der Waals surface area contributed by atoms with Crippen LogP contribution in [0.3, 0.4) is 0 Å². The van der Waals surface area contributed by atoms with E-state index in [1.54, 1.807) is 0 Å². The van der Waals surface area contributed by atoms with Gasteiger partial charge in [0, 0.05) is 12.6 Å². The van der Waals surface area contributed by atoms with E-state index >= 15 is 0 Å². The van der Waals surface area contributed by atoms with E-state index in [2.05, 4.69) is 62.2 Å². The molecule has 0 radical (unpaired) electrons. The summed E-state index contributed by atoms with van der Waals surface area (Å²) >= 11 is 0. The minimum atomic E-state index is -0.413. The fourth-order valence-electron chi connectivity index (χ4n) is 2.92. The molecule has 4 heteroatoms. The Balaban J connectivity index is 2.64. The summed E-state index contributed by atoms with van der Waals surface area (Å²) in [5.41, 5.74) is 7.27. The van der Waals surface area contributed by atoms with Crippen molar-refractivity contribution >= 4 is 5.91 Å². The predicted octanol–water partition coefficient (Wildman–Crippen LogP) is 2.43. The van der Waals surface area contributed by atoms with Crippen molar-refractivity contribution in [2.45, 2.75) is 52.6 Å². The molecule has 0 aliphatic carbocycles. The first-order chi connectivity index (χ1) is 11.0. The number of hydrogen-bond acceptors (Lipinski definition) is 3. The summed E-state index contributed by atoms with van der Waals surface area (Å²) < 4.78 is 0. The Kier molecular flexibility index (Phi) is 8.89. The van der Waals surface area contributed by atoms with E-state index in [0.717, 1.165) is 25.9 Å². The molecule has 2 atom stereocenters. The van der Waals surface area contributed by atoms with Crippen molar-refractivity contribution in [2.24, 2.45) is 11.7 Å². The van der Waals surface area contributed by atoms with Gasteiger partial charge in [-0.2, -0.15) is 0 Å². The highest BCUT2D eigenvalue weighted by Crippen LogP contribution is 2.09. The molecule has 1 unspecified atom stereocenters. The zero-order valence-corrected chi connectivity index (χ0v) is 15.1. The van der Waals surface area contributed by atoms with E-state index in [1.165, 1.54) is 5.56 Å². The molecule has 1 aromatic carbocycles. The third-order valence-corrected chi connectivity index (χ3v) is 4.22. The Morgan fingerprint density at radius 1 is 1.17 bits per heavy atom. The quantitative estimate of drug-likeness (QED) is 0.696. The third kappa shape index (κ3) is 7.14. The van der Waals surface area contributed by atoms with Crippen LogP contribution in [-0.4, -0.2) is 42.5 Å². The lowest BCUT2D eigenvalue weighted by Crippen LogP contribution is -2.49. The van der Waals surface area contributed by atoms with Gasteiger partial charge in [0.15, 0.2) is 0 Å². The van der Waals surface area contributed by atoms with Gasteiger partial charge in [-0.1, -0.05) is 58.0 Å². The largest absolute Gasteiger partial charge is 0.353 e. The minimum absolute atomic E-state index is 0.0380. The smallest absolute Gasteiger partial charge is 0.236 e. The van der Waals surface area contributed by atoms with Crippen LogP contribution in [0.4, 0.5) is 0 Å². The monoisotopic (exact) mass is 319 g/mol. The molecule has 3 N–H and O–H groups in total. The number of hydrogen-bond donors (Lipinski definition) is 2. The molecule has 0 aromatic heterocycles. The van der Waals surface area contributed by atoms with Gasteiger partial charge in [0.05, 0.1) is 6.04 Å². The lowest BCUT2D eigenvalue weighted by atomic mass is 10.0. The number of benzene rings is 1. The van der Waals surface area contributed by atoms with Crippen LogP contribution in [0.15, 0.2) is 30.3 Å². The summed E-state index contributed by atoms with van der Waals surface area (Å²) in [6.45, 7) is 11.1. The molecular formula is C19H33N3O. The molecule has 4 nitrogen and oxygen atoms in total. The number of rotatable bonds is 10. The van der Waals surface area contributed by atoms with Crippen molar-refractivity contribution in [3.05, 3.63) is 35.9 Å². The molecule has 0 saturated carbocycles. The normalized spacial score (nSPS) is 14.0. The standard InChI is InChI=1S/C19H33N3O/c1-5-22(6-2)17(13-16-10-8-7-9-11-16)14-21-19(23)18(20)12-15(3)4/h7-11,15,17-18H,5-6,12-14,20H2,1-4H3,(H,21,23)/t17?,18-/m0/s1. The molecule has 23 heavy (non-hydrogen) atoms. The minimum Gasteiger partial charge on any atom is -0.353 e. The van der Waals surface area contributed by atoms with Crippen molar-refractivity contribution in [1.82, 2.24) is 10.2 Å². The highest BCUT2D eigenvalue weighted by molar-refractivity contribution is 5.81. The number of amides is 1. The first-order valence-electron chi connectivity index (χ1n) is 8.79. The lowest BCUT2D eigenvalue weighted by molar-refractivity contribution is -0.122. The van der Waals surface area contributed by atoms with Gasteiger partial charge >= 0.3 is 0 Å². The van der Waals surface area contributed by atoms with E-state index < -0.39 is 6.04 Å². The molecule has 0 saturated heterocycles. The molecule has 0 fully saturated rings. The van der Waals surface area contributed by atoms with Gasteiger partial charge in [-0.3, -0.25) is 9.69 Å². The summed E-state index contributed by atoms with van der Waals surface area (Å²) in [7, 11) is 0. The first kappa shape index (κ1) is 19.7. The van der Waals surface area contributed by atoms with Crippen molar-refractivity contribution in [2.75, 3.05) is 19.6 Å². The molecule has 130 valence electrons. The second kappa shape index (κ2) is 10.4. The van der Waals surface area contributed by atoms with Crippen molar-refractivity contribution in [3.8, 4) is 0 Å². The third-order valence-electron chi connectivity index (χ3n) is 4.22. The van der Waals surface area contributed by atoms with Crippen LogP contribution >= 0.6 is 0 Å². The van der Waals surface area contributed by atoms with Crippen LogP contribution in [0.2, 0.25) is 0 Å². The Morgan fingerprint density at radius 2 is 1.78 bits per heavy atom. The van der Waals surface area contributed by atoms with Crippen LogP contribution in [0.1, 0.15) is 39.7 Å². The number of likely N-dealkylation sites (N-methyl/N-ethyl adjacent to an activating group) is 1. The van der Waals surface area contributed by atoms with Gasteiger partial charge in [-0.05, 0) is 37.4 Å². The first-order valence-corrected chi connectivity index (χ1v) is 8.79. The average Bonchev–Trinajstić information content (AvgIpc) is 2.53. The number of nitrogens with zero attached hydrogens (tertiary/aromatic N) is 1. The van der Waals surface area contributed by atoms with Crippen LogP contribution in [-0.2, 0) is 11.2 Å². The molecule has 0 bridgehead atoms. The van der Waals surface area contributed by atoms with Gasteiger partial charge < -0.3 is 11.1 Å². The second-order valence-electron chi connectivity index (χ2n) is 6.55. The maximum atomic E-state index is 12.2. The maximum absolute atomic E-state index is 12.2. The molecule has 1 aromatic rings. The van der Waals surface area contributed by atoms with Gasteiger partial charge in [-0.15, -0.1) is 0 Å². The number of nitrogens with two attached hydrogens (primary N) is 1. The molecule has 0 aliphatic rings. The van der Waals surface area contributed by atoms with E-state index in [0.29, 0.717) is 18.5 Å². The fourth-order valence-corrected chi connectivity index (χ4v) is 2.92. The van der Waals surface area contributed by atoms with Crippen LogP contribution in [0.5, 0.6) is 0 Å². The van der Waals surface area contributed by atoms with Crippen molar-refractivity contribution in [3.63, 3.8) is 0 Å². The highest BCUT2D eigenvalue weighted by atomic mass is 16.2. The number of carbonyl (C=O) groups excluding carboxylic acids is 1. The van der Waals surface area contributed by atoms with Gasteiger partial charge in [0.1, 0.15) is 0 Å². The summed E-state index contributed by atoms with van der Waals surface area (Å²) in [6, 6.07) is 10.3. The van der Waals surface area contributed by atoms with Gasteiger partial charge in [-0.25, -0.2) is 0 Å². The Hall–Kier alpha value is -1.39. The average molecular weight is 319 g/mol. The van der Waals surface area contributed by atoms with Crippen LogP contribution in [0.25, 0.3) is 0 Å². The SMILES string of the molecule is CCN(CC)C(CNC(=O)[C@@H](N)CC(C)C)Cc1ccccc1. The topological polar surface area (TPSA) is 58.4 Å². The maximum Gasteiger partial charge on any atom is 0.236 e. The molecular weight excluding hydrogens is 286 g/mol. The highest BCUT2D eigenvalue weighted by Gasteiger charge is 2.20. The molecule has 1 amide bonds. The second-order valence-corrected chi connectivity index (χ2v) is 6.55. The van der Waals surface area contributed by atoms with Crippen molar-refractivity contribution in [1.29, 1.82) is 0 Å². The zero-order chi connectivity index (χ0) is 17.2. The van der Waals surface area contributed by atoms with Gasteiger partial charge in [0.25, 0.3) is 0 Å². The summed E-state index contributed by atoms with van der Waals surface area (Å²) in [5, 5.41) is 3.05. The molecule has 0 spiro atoms. The summed E-state index contributed by atoms with van der Waals surface area (Å²) in [5.74, 6) is 0.391. The van der Waals surface area contributed by atoms with Crippen molar-refractivity contribution < 1.29 is 4.79 Å². The molecule has 1 rings (SSSR count). The van der Waals surface area contributed by atoms with E-state index in [-0.39, 0.29) is 5.91 Å². The van der Waals surface area contributed by atoms with Crippen LogP contribution < -0.4 is 11.1 Å². The van der Waals surface area contributed by atoms with Gasteiger partial charge in [0.2, 0.25) is 5.91 Å². The Morgan fingerprint density at radius 3 is 2.30 bits per heavy atom. The summed E-state index contributed by atoms with van der Waals surface area (Å²) in [6.07, 6.45) is 1.66. The zero-order valence-electron chi connectivity index (χ0n) is 15.1. The fraction of sp³-hybridized carbons (Fsp3) is 0.632. The molecule has 0 aliphatic heterocycles. The number of nitrogens with one attached hydrogen (secondary N) is 1. The predicted molar refractivity (Wildman–Crippen MR) is 97.3 cm³/mol. The number of carbonyl (C=O) groups is 1.